The molecule has 2 N–H and O–H groups in total. The van der Waals surface area contributed by atoms with Crippen molar-refractivity contribution in [2.75, 3.05) is 10.6 Å². The monoisotopic (exact) mass is 432 g/mol. The van der Waals surface area contributed by atoms with E-state index in [0.717, 1.165) is 23.4 Å². The molecular formula is C21H22Cl2N4S. The Morgan fingerprint density at radius 3 is 2.46 bits per heavy atom. The molecule has 7 heteroatoms. The number of hydrogen-bond acceptors (Lipinski definition) is 2. The lowest BCUT2D eigenvalue weighted by Crippen LogP contribution is -2.18. The van der Waals surface area contributed by atoms with Crippen molar-refractivity contribution >= 4 is 51.9 Å². The van der Waals surface area contributed by atoms with Crippen LogP contribution in [-0.4, -0.2) is 14.9 Å². The van der Waals surface area contributed by atoms with Crippen LogP contribution in [-0.2, 0) is 6.54 Å². The van der Waals surface area contributed by atoms with Crippen molar-refractivity contribution in [1.82, 2.24) is 9.78 Å². The first-order valence-corrected chi connectivity index (χ1v) is 10.3. The minimum absolute atomic E-state index is 0.519. The number of rotatable bonds is 6. The number of aromatic nitrogens is 2. The molecule has 0 bridgehead atoms. The highest BCUT2D eigenvalue weighted by molar-refractivity contribution is 7.80. The van der Waals surface area contributed by atoms with Gasteiger partial charge in [-0.25, -0.2) is 0 Å². The quantitative estimate of drug-likeness (QED) is 0.432. The molecule has 0 amide bonds. The van der Waals surface area contributed by atoms with Crippen molar-refractivity contribution < 1.29 is 0 Å². The Morgan fingerprint density at radius 2 is 1.79 bits per heavy atom. The van der Waals surface area contributed by atoms with E-state index in [2.05, 4.69) is 41.7 Å². The first kappa shape index (κ1) is 20.6. The van der Waals surface area contributed by atoms with Crippen LogP contribution in [0.15, 0.2) is 54.9 Å². The highest BCUT2D eigenvalue weighted by Gasteiger charge is 2.06. The fraction of sp³-hybridized carbons (Fsp3) is 0.238. The molecule has 0 saturated carbocycles. The van der Waals surface area contributed by atoms with Gasteiger partial charge in [-0.2, -0.15) is 5.10 Å². The Labute approximate surface area is 180 Å². The number of hydrogen-bond donors (Lipinski definition) is 2. The van der Waals surface area contributed by atoms with Crippen LogP contribution in [0, 0.1) is 0 Å². The normalized spacial score (nSPS) is 11.9. The summed E-state index contributed by atoms with van der Waals surface area (Å²) in [6.07, 6.45) is 4.75. The second kappa shape index (κ2) is 9.41. The second-order valence-corrected chi connectivity index (χ2v) is 7.91. The average molecular weight is 433 g/mol. The Kier molecular flexibility index (Phi) is 6.94. The molecule has 0 aliphatic heterocycles. The number of benzene rings is 2. The van der Waals surface area contributed by atoms with E-state index in [1.807, 2.05) is 35.1 Å². The van der Waals surface area contributed by atoms with Gasteiger partial charge in [0.25, 0.3) is 0 Å². The summed E-state index contributed by atoms with van der Waals surface area (Å²) in [5.41, 5.74) is 4.11. The topological polar surface area (TPSA) is 41.9 Å². The maximum atomic E-state index is 6.07. The van der Waals surface area contributed by atoms with Crippen molar-refractivity contribution in [3.8, 4) is 0 Å². The molecule has 0 spiro atoms. The number of anilines is 2. The molecule has 4 nitrogen and oxygen atoms in total. The van der Waals surface area contributed by atoms with E-state index in [9.17, 15) is 0 Å². The Balaban J connectivity index is 1.57. The lowest BCUT2D eigenvalue weighted by Gasteiger charge is -2.12. The van der Waals surface area contributed by atoms with Crippen molar-refractivity contribution in [2.45, 2.75) is 32.7 Å². The van der Waals surface area contributed by atoms with Gasteiger partial charge < -0.3 is 10.6 Å². The average Bonchev–Trinajstić information content (AvgIpc) is 3.11. The Hall–Kier alpha value is -2.08. The predicted molar refractivity (Wildman–Crippen MR) is 123 cm³/mol. The summed E-state index contributed by atoms with van der Waals surface area (Å²) >= 11 is 17.4. The van der Waals surface area contributed by atoms with Crippen LogP contribution in [0.1, 0.15) is 37.3 Å². The van der Waals surface area contributed by atoms with Crippen LogP contribution in [0.2, 0.25) is 10.0 Å². The zero-order valence-electron chi connectivity index (χ0n) is 15.7. The predicted octanol–water partition coefficient (Wildman–Crippen LogP) is 6.56. The van der Waals surface area contributed by atoms with Gasteiger partial charge in [-0.1, -0.05) is 55.2 Å². The van der Waals surface area contributed by atoms with E-state index in [1.165, 1.54) is 5.56 Å². The van der Waals surface area contributed by atoms with E-state index >= 15 is 0 Å². The third-order valence-electron chi connectivity index (χ3n) is 4.57. The number of nitrogens with zero attached hydrogens (tertiary/aromatic N) is 2. The SMILES string of the molecule is CCC(C)c1ccc(NC(=S)Nc2cnn(Cc3ccc(Cl)c(Cl)c3)c2)cc1. The standard InChI is InChI=1S/C21H22Cl2N4S/c1-3-14(2)16-5-7-17(8-6-16)25-21(28)26-18-11-24-27(13-18)12-15-4-9-19(22)20(23)10-15/h4-11,13-14H,3,12H2,1-2H3,(H2,25,26,28). The fourth-order valence-corrected chi connectivity index (χ4v) is 3.32. The lowest BCUT2D eigenvalue weighted by molar-refractivity contribution is 0.687. The Morgan fingerprint density at radius 1 is 1.07 bits per heavy atom. The lowest BCUT2D eigenvalue weighted by atomic mass is 9.99. The fourth-order valence-electron chi connectivity index (χ4n) is 2.76. The molecule has 2 aromatic carbocycles. The zero-order valence-corrected chi connectivity index (χ0v) is 18.1. The molecule has 1 unspecified atom stereocenters. The summed E-state index contributed by atoms with van der Waals surface area (Å²) in [5, 5.41) is 12.3. The van der Waals surface area contributed by atoms with Gasteiger partial charge in [-0.05, 0) is 59.9 Å². The first-order chi connectivity index (χ1) is 13.4. The number of nitrogens with one attached hydrogen (secondary N) is 2. The molecule has 146 valence electrons. The van der Waals surface area contributed by atoms with Crippen molar-refractivity contribution in [2.24, 2.45) is 0 Å². The van der Waals surface area contributed by atoms with Crippen LogP contribution < -0.4 is 10.6 Å². The van der Waals surface area contributed by atoms with Crippen molar-refractivity contribution in [3.05, 3.63) is 76.0 Å². The van der Waals surface area contributed by atoms with Gasteiger partial charge in [0.15, 0.2) is 5.11 Å². The third-order valence-corrected chi connectivity index (χ3v) is 5.51. The molecular weight excluding hydrogens is 411 g/mol. The van der Waals surface area contributed by atoms with Gasteiger partial charge in [-0.3, -0.25) is 4.68 Å². The number of thiocarbonyl (C=S) groups is 1. The summed E-state index contributed by atoms with van der Waals surface area (Å²) < 4.78 is 1.81. The third kappa shape index (κ3) is 5.47. The minimum atomic E-state index is 0.519. The molecule has 1 heterocycles. The molecule has 1 aromatic heterocycles. The van der Waals surface area contributed by atoms with E-state index < -0.39 is 0 Å². The summed E-state index contributed by atoms with van der Waals surface area (Å²) in [7, 11) is 0. The maximum absolute atomic E-state index is 6.07. The summed E-state index contributed by atoms with van der Waals surface area (Å²) in [4.78, 5) is 0. The largest absolute Gasteiger partial charge is 0.332 e. The molecule has 1 atom stereocenters. The molecule has 28 heavy (non-hydrogen) atoms. The zero-order chi connectivity index (χ0) is 20.1. The molecule has 3 rings (SSSR count). The molecule has 0 radical (unpaired) electrons. The summed E-state index contributed by atoms with van der Waals surface area (Å²) in [5.74, 6) is 0.556. The van der Waals surface area contributed by atoms with Crippen molar-refractivity contribution in [3.63, 3.8) is 0 Å². The summed E-state index contributed by atoms with van der Waals surface area (Å²) in [6, 6.07) is 13.9. The van der Waals surface area contributed by atoms with Gasteiger partial charge in [0.1, 0.15) is 0 Å². The van der Waals surface area contributed by atoms with Crippen LogP contribution in [0.4, 0.5) is 11.4 Å². The Bertz CT molecular complexity index is 953. The van der Waals surface area contributed by atoms with Crippen LogP contribution in [0.25, 0.3) is 0 Å². The van der Waals surface area contributed by atoms with Crippen LogP contribution in [0.5, 0.6) is 0 Å². The first-order valence-electron chi connectivity index (χ1n) is 9.09. The molecule has 0 aliphatic rings. The molecule has 0 aliphatic carbocycles. The highest BCUT2D eigenvalue weighted by Crippen LogP contribution is 2.23. The minimum Gasteiger partial charge on any atom is -0.332 e. The van der Waals surface area contributed by atoms with Crippen molar-refractivity contribution in [1.29, 1.82) is 0 Å². The summed E-state index contributed by atoms with van der Waals surface area (Å²) in [6.45, 7) is 5.01. The van der Waals surface area contributed by atoms with Gasteiger partial charge in [0, 0.05) is 11.9 Å². The molecule has 0 fully saturated rings. The molecule has 0 saturated heterocycles. The second-order valence-electron chi connectivity index (χ2n) is 6.69. The van der Waals surface area contributed by atoms with E-state index in [-0.39, 0.29) is 0 Å². The van der Waals surface area contributed by atoms with Crippen LogP contribution >= 0.6 is 35.4 Å². The maximum Gasteiger partial charge on any atom is 0.175 e. The highest BCUT2D eigenvalue weighted by atomic mass is 35.5. The van der Waals surface area contributed by atoms with Gasteiger partial charge >= 0.3 is 0 Å². The molecule has 3 aromatic rings. The van der Waals surface area contributed by atoms with Gasteiger partial charge in [0.05, 0.1) is 28.5 Å². The van der Waals surface area contributed by atoms with Gasteiger partial charge in [0.2, 0.25) is 0 Å². The smallest absolute Gasteiger partial charge is 0.175 e. The van der Waals surface area contributed by atoms with E-state index in [4.69, 9.17) is 35.4 Å². The van der Waals surface area contributed by atoms with E-state index in [1.54, 1.807) is 12.3 Å². The van der Waals surface area contributed by atoms with E-state index in [0.29, 0.717) is 27.6 Å². The van der Waals surface area contributed by atoms with Crippen LogP contribution in [0.3, 0.4) is 0 Å². The van der Waals surface area contributed by atoms with Gasteiger partial charge in [-0.15, -0.1) is 0 Å². The number of halogens is 2.